The van der Waals surface area contributed by atoms with Crippen molar-refractivity contribution in [3.63, 3.8) is 0 Å². The normalized spacial score (nSPS) is 10.4. The van der Waals surface area contributed by atoms with Gasteiger partial charge < -0.3 is 9.47 Å². The molecule has 2 aromatic rings. The summed E-state index contributed by atoms with van der Waals surface area (Å²) >= 11 is 9.29. The number of aryl methyl sites for hydroxylation is 2. The maximum Gasteiger partial charge on any atom is 0.337 e. The Labute approximate surface area is 141 Å². The van der Waals surface area contributed by atoms with Crippen LogP contribution in [0.25, 0.3) is 0 Å². The number of halogens is 2. The van der Waals surface area contributed by atoms with Crippen LogP contribution in [-0.2, 0) is 17.6 Å². The smallest absolute Gasteiger partial charge is 0.337 e. The molecule has 0 unspecified atom stereocenters. The summed E-state index contributed by atoms with van der Waals surface area (Å²) in [5.41, 5.74) is 2.29. The molecule has 7 heteroatoms. The van der Waals surface area contributed by atoms with Crippen LogP contribution >= 0.6 is 27.5 Å². The summed E-state index contributed by atoms with van der Waals surface area (Å²) in [5.74, 6) is 0.239. The standard InChI is InChI=1S/C15H14BrClN2O3/c1-21-13-8-18-15(17)19-12(13)6-5-9-3-4-10(7-11(9)16)14(20)22-2/h3-4,7-8H,5-6H2,1-2H3. The molecule has 0 amide bonds. The largest absolute Gasteiger partial charge is 0.493 e. The lowest BCUT2D eigenvalue weighted by Gasteiger charge is -2.09. The average molecular weight is 386 g/mol. The van der Waals surface area contributed by atoms with Crippen molar-refractivity contribution in [2.75, 3.05) is 14.2 Å². The average Bonchev–Trinajstić information content (AvgIpc) is 2.53. The van der Waals surface area contributed by atoms with E-state index in [4.69, 9.17) is 21.1 Å². The molecule has 22 heavy (non-hydrogen) atoms. The second kappa shape index (κ2) is 7.56. The summed E-state index contributed by atoms with van der Waals surface area (Å²) in [7, 11) is 2.92. The number of carbonyl (C=O) groups excluding carboxylic acids is 1. The van der Waals surface area contributed by atoms with Gasteiger partial charge in [0.2, 0.25) is 5.28 Å². The quantitative estimate of drug-likeness (QED) is 0.582. The van der Waals surface area contributed by atoms with Crippen molar-refractivity contribution in [1.82, 2.24) is 9.97 Å². The van der Waals surface area contributed by atoms with Crippen LogP contribution in [0.4, 0.5) is 0 Å². The molecule has 0 saturated carbocycles. The molecule has 1 aromatic heterocycles. The van der Waals surface area contributed by atoms with Gasteiger partial charge in [-0.1, -0.05) is 22.0 Å². The SMILES string of the molecule is COC(=O)c1ccc(CCc2nc(Cl)ncc2OC)c(Br)c1. The topological polar surface area (TPSA) is 61.3 Å². The van der Waals surface area contributed by atoms with Crippen molar-refractivity contribution in [2.45, 2.75) is 12.8 Å². The molecule has 0 N–H and O–H groups in total. The zero-order valence-corrected chi connectivity index (χ0v) is 14.4. The molecule has 116 valence electrons. The Bertz CT molecular complexity index is 694. The molecule has 0 bridgehead atoms. The number of benzene rings is 1. The van der Waals surface area contributed by atoms with E-state index in [1.807, 2.05) is 6.07 Å². The molecule has 0 aliphatic carbocycles. The Kier molecular flexibility index (Phi) is 5.74. The van der Waals surface area contributed by atoms with Crippen molar-refractivity contribution < 1.29 is 14.3 Å². The van der Waals surface area contributed by atoms with E-state index in [0.717, 1.165) is 15.7 Å². The zero-order chi connectivity index (χ0) is 16.1. The summed E-state index contributed by atoms with van der Waals surface area (Å²) in [6.45, 7) is 0. The molecule has 0 saturated heterocycles. The van der Waals surface area contributed by atoms with E-state index >= 15 is 0 Å². The highest BCUT2D eigenvalue weighted by molar-refractivity contribution is 9.10. The van der Waals surface area contributed by atoms with E-state index in [1.54, 1.807) is 25.4 Å². The minimum Gasteiger partial charge on any atom is -0.493 e. The Morgan fingerprint density at radius 1 is 1.32 bits per heavy atom. The van der Waals surface area contributed by atoms with Gasteiger partial charge in [-0.25, -0.2) is 14.8 Å². The van der Waals surface area contributed by atoms with E-state index in [1.165, 1.54) is 7.11 Å². The first-order valence-electron chi connectivity index (χ1n) is 6.47. The van der Waals surface area contributed by atoms with Crippen molar-refractivity contribution >= 4 is 33.5 Å². The molecular formula is C15H14BrClN2O3. The van der Waals surface area contributed by atoms with Crippen LogP contribution in [0.1, 0.15) is 21.6 Å². The molecule has 1 heterocycles. The van der Waals surface area contributed by atoms with Gasteiger partial charge in [0.15, 0.2) is 5.75 Å². The molecule has 2 rings (SSSR count). The summed E-state index contributed by atoms with van der Waals surface area (Å²) in [4.78, 5) is 19.6. The van der Waals surface area contributed by atoms with Crippen molar-refractivity contribution in [3.8, 4) is 5.75 Å². The second-order valence-corrected chi connectivity index (χ2v) is 5.64. The minimum atomic E-state index is -0.364. The molecule has 0 radical (unpaired) electrons. The maximum absolute atomic E-state index is 11.5. The third-order valence-corrected chi connectivity index (χ3v) is 4.05. The van der Waals surface area contributed by atoms with Crippen LogP contribution in [0, 0.1) is 0 Å². The fraction of sp³-hybridized carbons (Fsp3) is 0.267. The zero-order valence-electron chi connectivity index (χ0n) is 12.1. The van der Waals surface area contributed by atoms with Crippen molar-refractivity contribution in [1.29, 1.82) is 0 Å². The monoisotopic (exact) mass is 384 g/mol. The highest BCUT2D eigenvalue weighted by atomic mass is 79.9. The number of ether oxygens (including phenoxy) is 2. The van der Waals surface area contributed by atoms with E-state index in [0.29, 0.717) is 24.2 Å². The number of hydrogen-bond acceptors (Lipinski definition) is 5. The molecule has 1 aromatic carbocycles. The number of nitrogens with zero attached hydrogens (tertiary/aromatic N) is 2. The third kappa shape index (κ3) is 3.96. The molecule has 5 nitrogen and oxygen atoms in total. The number of esters is 1. The number of methoxy groups -OCH3 is 2. The number of hydrogen-bond donors (Lipinski definition) is 0. The van der Waals surface area contributed by atoms with E-state index < -0.39 is 0 Å². The number of rotatable bonds is 5. The maximum atomic E-state index is 11.5. The summed E-state index contributed by atoms with van der Waals surface area (Å²) in [6.07, 6.45) is 2.91. The highest BCUT2D eigenvalue weighted by Crippen LogP contribution is 2.23. The lowest BCUT2D eigenvalue weighted by atomic mass is 10.1. The summed E-state index contributed by atoms with van der Waals surface area (Å²) < 4.78 is 10.8. The van der Waals surface area contributed by atoms with Crippen LogP contribution in [-0.4, -0.2) is 30.2 Å². The Morgan fingerprint density at radius 2 is 2.09 bits per heavy atom. The fourth-order valence-corrected chi connectivity index (χ4v) is 2.71. The fourth-order valence-electron chi connectivity index (χ4n) is 1.98. The highest BCUT2D eigenvalue weighted by Gasteiger charge is 2.11. The van der Waals surface area contributed by atoms with Gasteiger partial charge in [-0.05, 0) is 42.1 Å². The first kappa shape index (κ1) is 16.7. The van der Waals surface area contributed by atoms with Gasteiger partial charge in [0.25, 0.3) is 0 Å². The molecule has 0 fully saturated rings. The van der Waals surface area contributed by atoms with Gasteiger partial charge in [-0.2, -0.15) is 0 Å². The van der Waals surface area contributed by atoms with Crippen LogP contribution in [0.3, 0.4) is 0 Å². The molecule has 0 atom stereocenters. The van der Waals surface area contributed by atoms with E-state index in [9.17, 15) is 4.79 Å². The van der Waals surface area contributed by atoms with Crippen LogP contribution < -0.4 is 4.74 Å². The first-order valence-corrected chi connectivity index (χ1v) is 7.64. The van der Waals surface area contributed by atoms with Crippen LogP contribution in [0.15, 0.2) is 28.9 Å². The van der Waals surface area contributed by atoms with Gasteiger partial charge in [0.1, 0.15) is 0 Å². The Morgan fingerprint density at radius 3 is 2.73 bits per heavy atom. The number of carbonyl (C=O) groups is 1. The lowest BCUT2D eigenvalue weighted by molar-refractivity contribution is 0.0600. The van der Waals surface area contributed by atoms with Gasteiger partial charge in [-0.3, -0.25) is 0 Å². The van der Waals surface area contributed by atoms with E-state index in [-0.39, 0.29) is 11.3 Å². The van der Waals surface area contributed by atoms with Gasteiger partial charge >= 0.3 is 5.97 Å². The van der Waals surface area contributed by atoms with Crippen molar-refractivity contribution in [2.24, 2.45) is 0 Å². The summed E-state index contributed by atoms with van der Waals surface area (Å²) in [5, 5.41) is 0.191. The number of aromatic nitrogens is 2. The molecule has 0 aliphatic heterocycles. The van der Waals surface area contributed by atoms with Crippen LogP contribution in [0.5, 0.6) is 5.75 Å². The predicted molar refractivity (Wildman–Crippen MR) is 86.5 cm³/mol. The Hall–Kier alpha value is -1.66. The van der Waals surface area contributed by atoms with Crippen molar-refractivity contribution in [3.05, 3.63) is 51.0 Å². The van der Waals surface area contributed by atoms with Gasteiger partial charge in [-0.15, -0.1) is 0 Å². The van der Waals surface area contributed by atoms with Gasteiger partial charge in [0, 0.05) is 4.47 Å². The Balaban J connectivity index is 2.15. The minimum absolute atomic E-state index is 0.191. The lowest BCUT2D eigenvalue weighted by Crippen LogP contribution is -2.03. The second-order valence-electron chi connectivity index (χ2n) is 4.45. The molecule has 0 aliphatic rings. The van der Waals surface area contributed by atoms with Gasteiger partial charge in [0.05, 0.1) is 31.7 Å². The summed E-state index contributed by atoms with van der Waals surface area (Å²) in [6, 6.07) is 5.35. The van der Waals surface area contributed by atoms with E-state index in [2.05, 4.69) is 25.9 Å². The predicted octanol–water partition coefficient (Wildman–Crippen LogP) is 3.47. The van der Waals surface area contributed by atoms with Crippen LogP contribution in [0.2, 0.25) is 5.28 Å². The molecule has 0 spiro atoms. The molecular weight excluding hydrogens is 372 g/mol. The third-order valence-electron chi connectivity index (χ3n) is 3.13. The first-order chi connectivity index (χ1) is 10.5.